The monoisotopic (exact) mass is 944 g/mol. The van der Waals surface area contributed by atoms with Gasteiger partial charge >= 0.3 is 0 Å². The number of imide groups is 1. The normalized spacial score (nSPS) is 22.7. The Bertz CT molecular complexity index is 2690. The fraction of sp³-hybridized carbons (Fsp3) is 0.451. The molecule has 3 aromatic carbocycles. The van der Waals surface area contributed by atoms with Gasteiger partial charge in [-0.2, -0.15) is 4.98 Å². The van der Waals surface area contributed by atoms with E-state index in [1.165, 1.54) is 10.5 Å². The number of benzene rings is 3. The van der Waals surface area contributed by atoms with E-state index in [2.05, 4.69) is 55.2 Å². The summed E-state index contributed by atoms with van der Waals surface area (Å²) in [5.41, 5.74) is 3.48. The van der Waals surface area contributed by atoms with Crippen LogP contribution in [-0.4, -0.2) is 91.2 Å². The first-order chi connectivity index (χ1) is 33.4. The molecule has 1 unspecified atom stereocenters. The van der Waals surface area contributed by atoms with Crippen LogP contribution >= 0.6 is 0 Å². The van der Waals surface area contributed by atoms with Crippen molar-refractivity contribution in [3.63, 3.8) is 0 Å². The molecule has 16 nitrogen and oxygen atoms in total. The molecule has 5 heterocycles. The lowest BCUT2D eigenvalue weighted by Gasteiger charge is -2.51. The Morgan fingerprint density at radius 3 is 2.35 bits per heavy atom. The van der Waals surface area contributed by atoms with Crippen molar-refractivity contribution in [1.82, 2.24) is 40.8 Å². The summed E-state index contributed by atoms with van der Waals surface area (Å²) in [5.74, 6) is -2.36. The lowest BCUT2D eigenvalue weighted by molar-refractivity contribution is -0.136. The number of hydrogen-bond donors (Lipinski definition) is 3. The van der Waals surface area contributed by atoms with Gasteiger partial charge < -0.3 is 29.3 Å². The summed E-state index contributed by atoms with van der Waals surface area (Å²) in [7, 11) is 0. The number of piperidine rings is 2. The van der Waals surface area contributed by atoms with Crippen molar-refractivity contribution in [3.05, 3.63) is 112 Å². The Balaban J connectivity index is 0.618. The maximum absolute atomic E-state index is 13.8. The zero-order valence-electron chi connectivity index (χ0n) is 38.2. The van der Waals surface area contributed by atoms with Crippen LogP contribution in [0.2, 0.25) is 0 Å². The molecular weight excluding hydrogens is 891 g/mol. The van der Waals surface area contributed by atoms with Crippen molar-refractivity contribution in [2.24, 2.45) is 11.3 Å². The second-order valence-electron chi connectivity index (χ2n) is 19.4. The number of rotatable bonds is 16. The number of hydrogen-bond acceptors (Lipinski definition) is 13. The molecular formula is C51H54F2N8O8. The summed E-state index contributed by atoms with van der Waals surface area (Å²) >= 11 is 0. The number of nitrogens with one attached hydrogen (secondary N) is 2. The molecule has 0 spiro atoms. The third-order valence-corrected chi connectivity index (χ3v) is 15.1. The van der Waals surface area contributed by atoms with Crippen LogP contribution in [0, 0.1) is 23.0 Å². The first-order valence-corrected chi connectivity index (χ1v) is 23.9. The fourth-order valence-corrected chi connectivity index (χ4v) is 10.8. The highest BCUT2D eigenvalue weighted by atomic mass is 19.1. The van der Waals surface area contributed by atoms with E-state index >= 15 is 0 Å². The zero-order chi connectivity index (χ0) is 47.7. The van der Waals surface area contributed by atoms with Crippen molar-refractivity contribution >= 4 is 23.6 Å². The number of halogens is 2. The molecule has 69 heavy (non-hydrogen) atoms. The average Bonchev–Trinajstić information content (AvgIpc) is 4.01. The third-order valence-electron chi connectivity index (χ3n) is 15.1. The number of carbonyl (C=O) groups is 4. The SMILES string of the molecule is O=C1CCC(N2Cc3c(OCc4ccc(CN5CCC(CCCOc6ccc(-c7noc([C@]89CC[C@](CNC(=O)c%10cc(F)c(O)c(F)c%10)(CC8)CC9)n7)nn6)CC5)cc4)cccc3C2=O)C(=O)N1. The number of nitrogens with zero attached hydrogens (tertiary/aromatic N) is 6. The molecule has 3 aliphatic carbocycles. The van der Waals surface area contributed by atoms with Gasteiger partial charge in [-0.1, -0.05) is 35.5 Å². The molecule has 6 aliphatic rings. The predicted octanol–water partition coefficient (Wildman–Crippen LogP) is 6.94. The number of aromatic hydroxyl groups is 1. The van der Waals surface area contributed by atoms with Crippen molar-refractivity contribution in [2.45, 2.75) is 108 Å². The Kier molecular flexibility index (Phi) is 12.8. The number of likely N-dealkylation sites (tertiary alicyclic amines) is 1. The van der Waals surface area contributed by atoms with Crippen LogP contribution in [0.3, 0.4) is 0 Å². The third kappa shape index (κ3) is 9.76. The molecule has 360 valence electrons. The Hall–Kier alpha value is -6.82. The predicted molar refractivity (Wildman–Crippen MR) is 243 cm³/mol. The van der Waals surface area contributed by atoms with Gasteiger partial charge in [-0.3, -0.25) is 29.4 Å². The van der Waals surface area contributed by atoms with Gasteiger partial charge in [0.1, 0.15) is 24.1 Å². The van der Waals surface area contributed by atoms with E-state index < -0.39 is 35.2 Å². The summed E-state index contributed by atoms with van der Waals surface area (Å²) < 4.78 is 45.6. The molecule has 5 fully saturated rings. The smallest absolute Gasteiger partial charge is 0.255 e. The zero-order valence-corrected chi connectivity index (χ0v) is 38.2. The minimum absolute atomic E-state index is 0.129. The van der Waals surface area contributed by atoms with Gasteiger partial charge in [0.2, 0.25) is 29.4 Å². The molecule has 4 amide bonds. The van der Waals surface area contributed by atoms with Crippen molar-refractivity contribution in [1.29, 1.82) is 0 Å². The largest absolute Gasteiger partial charge is 0.503 e. The molecule has 2 aromatic heterocycles. The summed E-state index contributed by atoms with van der Waals surface area (Å²) in [4.78, 5) is 58.8. The van der Waals surface area contributed by atoms with Gasteiger partial charge in [0.25, 0.3) is 11.8 Å². The van der Waals surface area contributed by atoms with Crippen molar-refractivity contribution < 1.29 is 47.1 Å². The second kappa shape index (κ2) is 19.3. The van der Waals surface area contributed by atoms with E-state index in [-0.39, 0.29) is 41.2 Å². The number of aromatic nitrogens is 4. The van der Waals surface area contributed by atoms with Gasteiger partial charge in [0.05, 0.1) is 13.2 Å². The lowest BCUT2D eigenvalue weighted by Crippen LogP contribution is -2.52. The number of amides is 4. The van der Waals surface area contributed by atoms with Crippen LogP contribution < -0.4 is 20.1 Å². The maximum Gasteiger partial charge on any atom is 0.255 e. The summed E-state index contributed by atoms with van der Waals surface area (Å²) in [6, 6.07) is 18.4. The molecule has 2 saturated heterocycles. The number of ether oxygens (including phenoxy) is 2. The Morgan fingerprint density at radius 2 is 1.64 bits per heavy atom. The fourth-order valence-electron chi connectivity index (χ4n) is 10.8. The molecule has 3 saturated carbocycles. The quantitative estimate of drug-likeness (QED) is 0.0679. The molecule has 2 bridgehead atoms. The van der Waals surface area contributed by atoms with E-state index in [1.54, 1.807) is 24.3 Å². The van der Waals surface area contributed by atoms with E-state index in [0.717, 1.165) is 107 Å². The minimum atomic E-state index is -1.17. The maximum atomic E-state index is 13.8. The van der Waals surface area contributed by atoms with Crippen LogP contribution in [0.1, 0.15) is 120 Å². The van der Waals surface area contributed by atoms with E-state index in [9.17, 15) is 33.1 Å². The summed E-state index contributed by atoms with van der Waals surface area (Å²) in [6.07, 6.45) is 9.68. The Morgan fingerprint density at radius 1 is 0.899 bits per heavy atom. The number of phenolic OH excluding ortho intramolecular Hbond substituents is 1. The highest BCUT2D eigenvalue weighted by molar-refractivity contribution is 6.05. The number of carbonyl (C=O) groups excluding carboxylic acids is 4. The standard InChI is InChI=1S/C51H54F2N8O8/c52-37-25-34(26-38(53)44(37)63)46(64)54-30-50-16-19-51(20-17-50,21-18-50)49-56-45(59-69-49)39-10-13-43(58-57-39)67-24-2-3-31-14-22-60(23-15-31)27-32-6-8-33(9-7-32)29-68-41-5-1-4-35-36(41)28-61(48(35)66)40-11-12-42(62)55-47(40)65/h1,4-10,13,25-26,31,40,63H,2-3,11-12,14-24,27-30H2,(H,54,64)(H,55,62,65)/t40?,50-,51+. The van der Waals surface area contributed by atoms with Gasteiger partial charge in [0, 0.05) is 47.7 Å². The molecule has 5 aromatic rings. The van der Waals surface area contributed by atoms with Crippen molar-refractivity contribution in [3.8, 4) is 28.9 Å². The Labute approximate surface area is 397 Å². The molecule has 1 atom stereocenters. The van der Waals surface area contributed by atoms with Gasteiger partial charge in [-0.05, 0) is 137 Å². The summed E-state index contributed by atoms with van der Waals surface area (Å²) in [6.45, 7) is 4.49. The van der Waals surface area contributed by atoms with Crippen LogP contribution in [0.15, 0.2) is 71.3 Å². The topological polar surface area (TPSA) is 202 Å². The average molecular weight is 945 g/mol. The molecule has 18 heteroatoms. The second-order valence-corrected chi connectivity index (χ2v) is 19.4. The molecule has 3 N–H and O–H groups in total. The molecule has 0 radical (unpaired) electrons. The highest BCUT2D eigenvalue weighted by Crippen LogP contribution is 2.57. The van der Waals surface area contributed by atoms with Gasteiger partial charge in [0.15, 0.2) is 17.4 Å². The minimum Gasteiger partial charge on any atom is -0.503 e. The van der Waals surface area contributed by atoms with Crippen molar-refractivity contribution in [2.75, 3.05) is 26.2 Å². The van der Waals surface area contributed by atoms with Crippen LogP contribution in [0.4, 0.5) is 8.78 Å². The van der Waals surface area contributed by atoms with E-state index in [1.807, 2.05) is 6.07 Å². The van der Waals surface area contributed by atoms with E-state index in [4.69, 9.17) is 19.0 Å². The van der Waals surface area contributed by atoms with E-state index in [0.29, 0.717) is 66.7 Å². The number of fused-ring (bicyclic) bond motifs is 4. The molecule has 3 aliphatic heterocycles. The first kappa shape index (κ1) is 45.9. The van der Waals surface area contributed by atoms with Gasteiger partial charge in [-0.25, -0.2) is 8.78 Å². The van der Waals surface area contributed by atoms with Crippen LogP contribution in [0.5, 0.6) is 17.4 Å². The van der Waals surface area contributed by atoms with Gasteiger partial charge in [-0.15, -0.1) is 10.2 Å². The van der Waals surface area contributed by atoms with Crippen LogP contribution in [0.25, 0.3) is 11.5 Å². The molecule has 11 rings (SSSR count). The summed E-state index contributed by atoms with van der Waals surface area (Å²) in [5, 5.41) is 27.4. The highest BCUT2D eigenvalue weighted by Gasteiger charge is 2.52. The van der Waals surface area contributed by atoms with Crippen LogP contribution in [-0.2, 0) is 34.7 Å². The first-order valence-electron chi connectivity index (χ1n) is 23.9. The lowest BCUT2D eigenvalue weighted by atomic mass is 9.53. The number of phenols is 1.